The van der Waals surface area contributed by atoms with Gasteiger partial charge in [-0.05, 0) is 42.0 Å². The molecule has 5 nitrogen and oxygen atoms in total. The largest absolute Gasteiger partial charge is 0.492 e. The number of nitrogens with zero attached hydrogens (tertiary/aromatic N) is 2. The number of benzene rings is 2. The highest BCUT2D eigenvalue weighted by Crippen LogP contribution is 2.35. The first-order chi connectivity index (χ1) is 14.8. The van der Waals surface area contributed by atoms with E-state index in [-0.39, 0.29) is 24.4 Å². The number of Topliss-reactive ketones (excluding diaryl/α,β-unsaturated/α-hetero) is 1. The van der Waals surface area contributed by atoms with Gasteiger partial charge in [0.15, 0.2) is 5.78 Å². The molecule has 0 radical (unpaired) electrons. The average Bonchev–Trinajstić information content (AvgIpc) is 2.77. The van der Waals surface area contributed by atoms with Gasteiger partial charge in [-0.1, -0.05) is 12.1 Å². The third-order valence-corrected chi connectivity index (χ3v) is 4.81. The number of fused-ring (bicyclic) bond motifs is 1. The van der Waals surface area contributed by atoms with Crippen LogP contribution in [-0.4, -0.2) is 17.4 Å². The van der Waals surface area contributed by atoms with Gasteiger partial charge >= 0.3 is 6.18 Å². The summed E-state index contributed by atoms with van der Waals surface area (Å²) in [7, 11) is 0. The van der Waals surface area contributed by atoms with Crippen LogP contribution in [0.1, 0.15) is 45.3 Å². The Morgan fingerprint density at radius 1 is 1.06 bits per heavy atom. The van der Waals surface area contributed by atoms with Crippen molar-refractivity contribution in [1.29, 1.82) is 5.26 Å². The smallest absolute Gasteiger partial charge is 0.433 e. The summed E-state index contributed by atoms with van der Waals surface area (Å²) in [4.78, 5) is 15.4. The Kier molecular flexibility index (Phi) is 5.34. The van der Waals surface area contributed by atoms with Crippen molar-refractivity contribution in [3.63, 3.8) is 0 Å². The number of carbonyl (C=O) groups is 1. The molecule has 2 heterocycles. The lowest BCUT2D eigenvalue weighted by atomic mass is 10.00. The molecule has 0 spiro atoms. The number of hydrogen-bond acceptors (Lipinski definition) is 5. The highest BCUT2D eigenvalue weighted by Gasteiger charge is 2.33. The summed E-state index contributed by atoms with van der Waals surface area (Å²) in [5.74, 6) is 0.659. The standard InChI is InChI=1S/C23H15F3N2O3/c24-23(25,26)21-11-16(7-9-28-21)22(15-3-1-14(13-27)2-4-15)31-17-5-6-18-19(29)8-10-30-20(18)12-17/h1-7,9,11-12,22H,8,10H2/t22-/m1/s1. The van der Waals surface area contributed by atoms with Crippen molar-refractivity contribution in [3.05, 3.63) is 88.7 Å². The number of ether oxygens (including phenoxy) is 2. The normalized spacial score (nSPS) is 14.2. The number of pyridine rings is 1. The van der Waals surface area contributed by atoms with Crippen LogP contribution in [0.15, 0.2) is 60.8 Å². The molecule has 1 aliphatic rings. The molecule has 0 N–H and O–H groups in total. The van der Waals surface area contributed by atoms with Gasteiger partial charge in [0.2, 0.25) is 0 Å². The lowest BCUT2D eigenvalue weighted by molar-refractivity contribution is -0.141. The van der Waals surface area contributed by atoms with E-state index in [9.17, 15) is 18.0 Å². The van der Waals surface area contributed by atoms with Crippen LogP contribution < -0.4 is 9.47 Å². The summed E-state index contributed by atoms with van der Waals surface area (Å²) in [6.45, 7) is 0.258. The molecule has 0 unspecified atom stereocenters. The molecule has 1 aliphatic heterocycles. The van der Waals surface area contributed by atoms with Crippen LogP contribution in [0.25, 0.3) is 0 Å². The number of nitriles is 1. The van der Waals surface area contributed by atoms with Crippen LogP contribution >= 0.6 is 0 Å². The summed E-state index contributed by atoms with van der Waals surface area (Å²) in [5.41, 5.74) is 0.604. The van der Waals surface area contributed by atoms with Gasteiger partial charge in [0.25, 0.3) is 0 Å². The van der Waals surface area contributed by atoms with Gasteiger partial charge < -0.3 is 9.47 Å². The van der Waals surface area contributed by atoms with Gasteiger partial charge in [-0.3, -0.25) is 9.78 Å². The van der Waals surface area contributed by atoms with Crippen molar-refractivity contribution in [2.24, 2.45) is 0 Å². The number of halogens is 3. The molecule has 156 valence electrons. The molecule has 1 atom stereocenters. The van der Waals surface area contributed by atoms with Crippen LogP contribution in [-0.2, 0) is 6.18 Å². The quantitative estimate of drug-likeness (QED) is 0.582. The number of carbonyl (C=O) groups excluding carboxylic acids is 1. The SMILES string of the molecule is N#Cc1ccc([C@@H](Oc2ccc3c(c2)OCCC3=O)c2ccnc(C(F)(F)F)c2)cc1. The fourth-order valence-electron chi connectivity index (χ4n) is 3.28. The Morgan fingerprint density at radius 3 is 2.55 bits per heavy atom. The predicted molar refractivity (Wildman–Crippen MR) is 104 cm³/mol. The highest BCUT2D eigenvalue weighted by atomic mass is 19.4. The molecular weight excluding hydrogens is 409 g/mol. The van der Waals surface area contributed by atoms with Crippen LogP contribution in [0.3, 0.4) is 0 Å². The zero-order valence-electron chi connectivity index (χ0n) is 16.0. The highest BCUT2D eigenvalue weighted by molar-refractivity contribution is 5.99. The zero-order chi connectivity index (χ0) is 22.0. The monoisotopic (exact) mass is 424 g/mol. The summed E-state index contributed by atoms with van der Waals surface area (Å²) in [6.07, 6.45) is -4.15. The molecule has 0 bridgehead atoms. The maximum absolute atomic E-state index is 13.2. The maximum Gasteiger partial charge on any atom is 0.433 e. The molecule has 3 aromatic rings. The fourth-order valence-corrected chi connectivity index (χ4v) is 3.28. The van der Waals surface area contributed by atoms with Crippen molar-refractivity contribution in [2.75, 3.05) is 6.61 Å². The Hall–Kier alpha value is -3.86. The second kappa shape index (κ2) is 8.11. The van der Waals surface area contributed by atoms with Gasteiger partial charge in [-0.15, -0.1) is 0 Å². The van der Waals surface area contributed by atoms with Crippen LogP contribution in [0.4, 0.5) is 13.2 Å². The first-order valence-electron chi connectivity index (χ1n) is 9.35. The van der Waals surface area contributed by atoms with Crippen molar-refractivity contribution in [3.8, 4) is 17.6 Å². The summed E-state index contributed by atoms with van der Waals surface area (Å²) >= 11 is 0. The molecule has 0 saturated heterocycles. The molecule has 0 aliphatic carbocycles. The molecule has 0 fully saturated rings. The second-order valence-corrected chi connectivity index (χ2v) is 6.88. The van der Waals surface area contributed by atoms with E-state index in [4.69, 9.17) is 14.7 Å². The lowest BCUT2D eigenvalue weighted by Crippen LogP contribution is -2.16. The predicted octanol–water partition coefficient (Wildman–Crippen LogP) is 5.11. The van der Waals surface area contributed by atoms with E-state index in [0.29, 0.717) is 28.2 Å². The Morgan fingerprint density at radius 2 is 1.84 bits per heavy atom. The third-order valence-electron chi connectivity index (χ3n) is 4.81. The molecule has 31 heavy (non-hydrogen) atoms. The molecule has 0 amide bonds. The van der Waals surface area contributed by atoms with Gasteiger partial charge in [0.05, 0.1) is 23.8 Å². The molecule has 4 rings (SSSR count). The minimum Gasteiger partial charge on any atom is -0.492 e. The van der Waals surface area contributed by atoms with E-state index in [1.54, 1.807) is 42.5 Å². The molecule has 2 aromatic carbocycles. The Bertz CT molecular complexity index is 1170. The minimum absolute atomic E-state index is 0.0413. The number of hydrogen-bond donors (Lipinski definition) is 0. The van der Waals surface area contributed by atoms with Crippen molar-refractivity contribution >= 4 is 5.78 Å². The number of aromatic nitrogens is 1. The van der Waals surface area contributed by atoms with E-state index in [0.717, 1.165) is 12.3 Å². The van der Waals surface area contributed by atoms with Crippen LogP contribution in [0.2, 0.25) is 0 Å². The summed E-state index contributed by atoms with van der Waals surface area (Å²) in [6, 6.07) is 15.4. The second-order valence-electron chi connectivity index (χ2n) is 6.88. The molecule has 8 heteroatoms. The van der Waals surface area contributed by atoms with Crippen molar-refractivity contribution in [1.82, 2.24) is 4.98 Å². The van der Waals surface area contributed by atoms with Gasteiger partial charge in [0, 0.05) is 24.2 Å². The van der Waals surface area contributed by atoms with Crippen LogP contribution in [0, 0.1) is 11.3 Å². The first kappa shape index (κ1) is 20.4. The summed E-state index contributed by atoms with van der Waals surface area (Å²) in [5, 5.41) is 9.02. The average molecular weight is 424 g/mol. The number of alkyl halides is 3. The topological polar surface area (TPSA) is 72.2 Å². The van der Waals surface area contributed by atoms with Crippen LogP contribution in [0.5, 0.6) is 11.5 Å². The molecular formula is C23H15F3N2O3. The van der Waals surface area contributed by atoms with Gasteiger partial charge in [-0.2, -0.15) is 18.4 Å². The number of ketones is 1. The Balaban J connectivity index is 1.74. The van der Waals surface area contributed by atoms with E-state index >= 15 is 0 Å². The minimum atomic E-state index is -4.61. The zero-order valence-corrected chi connectivity index (χ0v) is 16.0. The summed E-state index contributed by atoms with van der Waals surface area (Å²) < 4.78 is 51.2. The van der Waals surface area contributed by atoms with E-state index < -0.39 is 18.0 Å². The number of rotatable bonds is 4. The lowest BCUT2D eigenvalue weighted by Gasteiger charge is -2.23. The molecule has 1 aromatic heterocycles. The van der Waals surface area contributed by atoms with E-state index in [1.807, 2.05) is 6.07 Å². The van der Waals surface area contributed by atoms with Gasteiger partial charge in [-0.25, -0.2) is 0 Å². The van der Waals surface area contributed by atoms with Gasteiger partial charge in [0.1, 0.15) is 23.3 Å². The van der Waals surface area contributed by atoms with E-state index in [1.165, 1.54) is 6.07 Å². The van der Waals surface area contributed by atoms with E-state index in [2.05, 4.69) is 4.98 Å². The maximum atomic E-state index is 13.2. The van der Waals surface area contributed by atoms with Crippen molar-refractivity contribution < 1.29 is 27.4 Å². The fraction of sp³-hybridized carbons (Fsp3) is 0.174. The molecule has 0 saturated carbocycles. The first-order valence-corrected chi connectivity index (χ1v) is 9.35. The third kappa shape index (κ3) is 4.36. The Labute approximate surface area is 175 Å². The van der Waals surface area contributed by atoms with Crippen molar-refractivity contribution in [2.45, 2.75) is 18.7 Å².